The lowest BCUT2D eigenvalue weighted by molar-refractivity contribution is 1.00. The fourth-order valence-corrected chi connectivity index (χ4v) is 1.62. The summed E-state index contributed by atoms with van der Waals surface area (Å²) in [6.07, 6.45) is 2.31. The van der Waals surface area contributed by atoms with Gasteiger partial charge in [-0.25, -0.2) is 15.8 Å². The van der Waals surface area contributed by atoms with Gasteiger partial charge in [0.05, 0.1) is 0 Å². The van der Waals surface area contributed by atoms with Crippen LogP contribution in [0.2, 0.25) is 0 Å². The lowest BCUT2D eigenvalue weighted by Crippen LogP contribution is -2.14. The van der Waals surface area contributed by atoms with Crippen molar-refractivity contribution in [3.63, 3.8) is 0 Å². The van der Waals surface area contributed by atoms with Crippen LogP contribution >= 0.6 is 0 Å². The maximum atomic E-state index is 5.84. The third-order valence-electron chi connectivity index (χ3n) is 2.57. The van der Waals surface area contributed by atoms with E-state index in [-0.39, 0.29) is 0 Å². The minimum absolute atomic E-state index is 0.423. The molecule has 2 aromatic rings. The summed E-state index contributed by atoms with van der Waals surface area (Å²) in [4.78, 5) is 7.99. The molecular weight excluding hydrogens is 228 g/mol. The number of hydrogen-bond donors (Lipinski definition) is 4. The highest BCUT2D eigenvalue weighted by Gasteiger charge is 2.05. The van der Waals surface area contributed by atoms with Crippen LogP contribution in [0.25, 0.3) is 0 Å². The maximum absolute atomic E-state index is 5.84. The molecule has 0 aliphatic rings. The van der Waals surface area contributed by atoms with Gasteiger partial charge in [0, 0.05) is 6.54 Å². The average Bonchev–Trinajstić information content (AvgIpc) is 2.42. The number of hydrazine groups is 1. The number of aromatic nitrogens is 2. The van der Waals surface area contributed by atoms with Crippen molar-refractivity contribution in [1.82, 2.24) is 9.97 Å². The molecule has 18 heavy (non-hydrogen) atoms. The van der Waals surface area contributed by atoms with Crippen molar-refractivity contribution in [2.45, 2.75) is 6.42 Å². The molecule has 0 atom stereocenters. The first-order chi connectivity index (χ1) is 8.81. The molecule has 94 valence electrons. The standard InChI is InChI=1S/C12H16N6/c13-10-11(16-8-17-12(10)18-14)15-7-6-9-4-2-1-3-5-9/h1-5,8H,6-7,13-14H2,(H2,15,16,17,18). The van der Waals surface area contributed by atoms with Crippen LogP contribution in [0.15, 0.2) is 36.7 Å². The molecule has 1 aromatic carbocycles. The van der Waals surface area contributed by atoms with Crippen molar-refractivity contribution in [1.29, 1.82) is 0 Å². The largest absolute Gasteiger partial charge is 0.393 e. The van der Waals surface area contributed by atoms with Crippen molar-refractivity contribution in [2.75, 3.05) is 23.0 Å². The zero-order valence-electron chi connectivity index (χ0n) is 9.93. The highest BCUT2D eigenvalue weighted by atomic mass is 15.3. The normalized spacial score (nSPS) is 10.1. The molecule has 0 bridgehead atoms. The third kappa shape index (κ3) is 2.86. The molecule has 0 amide bonds. The minimum Gasteiger partial charge on any atom is -0.393 e. The van der Waals surface area contributed by atoms with Crippen molar-refractivity contribution in [3.8, 4) is 0 Å². The highest BCUT2D eigenvalue weighted by Crippen LogP contribution is 2.20. The fourth-order valence-electron chi connectivity index (χ4n) is 1.62. The third-order valence-corrected chi connectivity index (χ3v) is 2.57. The highest BCUT2D eigenvalue weighted by molar-refractivity contribution is 5.73. The number of hydrogen-bond acceptors (Lipinski definition) is 6. The van der Waals surface area contributed by atoms with Crippen LogP contribution in [0.3, 0.4) is 0 Å². The molecule has 1 aromatic heterocycles. The smallest absolute Gasteiger partial charge is 0.168 e. The topological polar surface area (TPSA) is 102 Å². The summed E-state index contributed by atoms with van der Waals surface area (Å²) in [6, 6.07) is 10.2. The SMILES string of the molecule is NNc1ncnc(NCCc2ccccc2)c1N. The van der Waals surface area contributed by atoms with Crippen LogP contribution in [0.4, 0.5) is 17.3 Å². The summed E-state index contributed by atoms with van der Waals surface area (Å²) in [5, 5.41) is 3.16. The van der Waals surface area contributed by atoms with Gasteiger partial charge in [-0.15, -0.1) is 0 Å². The number of nitrogens with two attached hydrogens (primary N) is 2. The Bertz CT molecular complexity index is 499. The second kappa shape index (κ2) is 5.83. The molecule has 0 saturated heterocycles. The molecule has 0 aliphatic heterocycles. The molecular formula is C12H16N6. The first-order valence-electron chi connectivity index (χ1n) is 5.66. The molecule has 0 saturated carbocycles. The number of rotatable bonds is 5. The summed E-state index contributed by atoms with van der Waals surface area (Å²) in [7, 11) is 0. The summed E-state index contributed by atoms with van der Waals surface area (Å²) in [5.74, 6) is 6.31. The van der Waals surface area contributed by atoms with Gasteiger partial charge in [-0.05, 0) is 12.0 Å². The van der Waals surface area contributed by atoms with Gasteiger partial charge in [-0.1, -0.05) is 30.3 Å². The van der Waals surface area contributed by atoms with Gasteiger partial charge < -0.3 is 16.5 Å². The molecule has 6 N–H and O–H groups in total. The number of anilines is 3. The van der Waals surface area contributed by atoms with E-state index < -0.39 is 0 Å². The Morgan fingerprint density at radius 3 is 2.50 bits per heavy atom. The number of nitrogen functional groups attached to an aromatic ring is 2. The van der Waals surface area contributed by atoms with Gasteiger partial charge in [-0.3, -0.25) is 0 Å². The Balaban J connectivity index is 1.95. The van der Waals surface area contributed by atoms with Crippen molar-refractivity contribution in [3.05, 3.63) is 42.2 Å². The van der Waals surface area contributed by atoms with E-state index in [1.165, 1.54) is 11.9 Å². The molecule has 1 heterocycles. The van der Waals surface area contributed by atoms with Crippen LogP contribution in [0, 0.1) is 0 Å². The van der Waals surface area contributed by atoms with Gasteiger partial charge in [0.15, 0.2) is 11.6 Å². The van der Waals surface area contributed by atoms with E-state index in [4.69, 9.17) is 11.6 Å². The maximum Gasteiger partial charge on any atom is 0.168 e. The molecule has 0 spiro atoms. The Labute approximate surface area is 105 Å². The minimum atomic E-state index is 0.423. The molecule has 0 radical (unpaired) electrons. The monoisotopic (exact) mass is 244 g/mol. The van der Waals surface area contributed by atoms with Crippen molar-refractivity contribution in [2.24, 2.45) is 5.84 Å². The summed E-state index contributed by atoms with van der Waals surface area (Å²) in [5.41, 5.74) is 9.95. The van der Waals surface area contributed by atoms with E-state index in [1.807, 2.05) is 18.2 Å². The summed E-state index contributed by atoms with van der Waals surface area (Å²) >= 11 is 0. The average molecular weight is 244 g/mol. The Morgan fingerprint density at radius 2 is 1.78 bits per heavy atom. The predicted molar refractivity (Wildman–Crippen MR) is 72.9 cm³/mol. The molecule has 6 nitrogen and oxygen atoms in total. The second-order valence-electron chi connectivity index (χ2n) is 3.79. The van der Waals surface area contributed by atoms with Gasteiger partial charge >= 0.3 is 0 Å². The summed E-state index contributed by atoms with van der Waals surface area (Å²) < 4.78 is 0. The van der Waals surface area contributed by atoms with E-state index in [0.29, 0.717) is 17.3 Å². The Hall–Kier alpha value is -2.34. The molecule has 0 unspecified atom stereocenters. The van der Waals surface area contributed by atoms with Gasteiger partial charge in [0.1, 0.15) is 12.0 Å². The number of nitrogens with one attached hydrogen (secondary N) is 2. The Kier molecular flexibility index (Phi) is 3.93. The Morgan fingerprint density at radius 1 is 1.06 bits per heavy atom. The second-order valence-corrected chi connectivity index (χ2v) is 3.79. The van der Waals surface area contributed by atoms with Crippen LogP contribution in [0.1, 0.15) is 5.56 Å². The van der Waals surface area contributed by atoms with Crippen LogP contribution in [-0.2, 0) is 6.42 Å². The fraction of sp³-hybridized carbons (Fsp3) is 0.167. The van der Waals surface area contributed by atoms with Crippen molar-refractivity contribution >= 4 is 17.3 Å². The first kappa shape index (κ1) is 12.1. The quantitative estimate of drug-likeness (QED) is 0.462. The van der Waals surface area contributed by atoms with Gasteiger partial charge in [0.2, 0.25) is 0 Å². The molecule has 2 rings (SSSR count). The van der Waals surface area contributed by atoms with Crippen LogP contribution < -0.4 is 22.3 Å². The molecule has 0 fully saturated rings. The van der Waals surface area contributed by atoms with Crippen LogP contribution in [-0.4, -0.2) is 16.5 Å². The first-order valence-corrected chi connectivity index (χ1v) is 5.66. The van der Waals surface area contributed by atoms with E-state index in [9.17, 15) is 0 Å². The molecule has 6 heteroatoms. The zero-order chi connectivity index (χ0) is 12.8. The van der Waals surface area contributed by atoms with Crippen molar-refractivity contribution < 1.29 is 0 Å². The number of nitrogens with zero attached hydrogens (tertiary/aromatic N) is 2. The van der Waals surface area contributed by atoms with Gasteiger partial charge in [-0.2, -0.15) is 0 Å². The van der Waals surface area contributed by atoms with Gasteiger partial charge in [0.25, 0.3) is 0 Å². The number of benzene rings is 1. The van der Waals surface area contributed by atoms with E-state index in [2.05, 4.69) is 32.8 Å². The summed E-state index contributed by atoms with van der Waals surface area (Å²) in [6.45, 7) is 0.745. The van der Waals surface area contributed by atoms with E-state index in [0.717, 1.165) is 13.0 Å². The lowest BCUT2D eigenvalue weighted by Gasteiger charge is -2.10. The van der Waals surface area contributed by atoms with E-state index in [1.54, 1.807) is 0 Å². The van der Waals surface area contributed by atoms with Crippen LogP contribution in [0.5, 0.6) is 0 Å². The zero-order valence-corrected chi connectivity index (χ0v) is 9.93. The predicted octanol–water partition coefficient (Wildman–Crippen LogP) is 0.999. The molecule has 0 aliphatic carbocycles. The lowest BCUT2D eigenvalue weighted by atomic mass is 10.1. The van der Waals surface area contributed by atoms with E-state index >= 15 is 0 Å².